The number of nitrogens with one attached hydrogen (secondary N) is 1. The molecular weight excluding hydrogens is 232 g/mol. The van der Waals surface area contributed by atoms with E-state index in [2.05, 4.69) is 47.1 Å². The lowest BCUT2D eigenvalue weighted by Gasteiger charge is -2.13. The number of aromatic nitrogens is 2. The summed E-state index contributed by atoms with van der Waals surface area (Å²) in [7, 11) is 0. The van der Waals surface area contributed by atoms with Gasteiger partial charge in [-0.15, -0.1) is 5.10 Å². The Morgan fingerprint density at radius 1 is 1.29 bits per heavy atom. The molecule has 90 valence electrons. The first-order chi connectivity index (χ1) is 8.19. The molecule has 5 heteroatoms. The number of aryl methyl sites for hydroxylation is 2. The molecule has 0 radical (unpaired) electrons. The van der Waals surface area contributed by atoms with Gasteiger partial charge in [0.05, 0.1) is 11.7 Å². The first kappa shape index (κ1) is 12.2. The van der Waals surface area contributed by atoms with Crippen molar-refractivity contribution < 1.29 is 0 Å². The highest BCUT2D eigenvalue weighted by molar-refractivity contribution is 7.03. The van der Waals surface area contributed by atoms with Crippen molar-refractivity contribution in [1.29, 1.82) is 0 Å². The summed E-state index contributed by atoms with van der Waals surface area (Å²) < 4.78 is 3.86. The number of nitrogens with zero attached hydrogens (tertiary/aromatic N) is 2. The molecule has 0 saturated carbocycles. The molecule has 0 aliphatic carbocycles. The summed E-state index contributed by atoms with van der Waals surface area (Å²) in [5.41, 5.74) is 7.50. The minimum absolute atomic E-state index is 0.0231. The molecule has 1 heterocycles. The Balaban J connectivity index is 2.18. The summed E-state index contributed by atoms with van der Waals surface area (Å²) in [5.74, 6) is 5.57. The zero-order valence-corrected chi connectivity index (χ0v) is 10.8. The molecule has 3 N–H and O–H groups in total. The second kappa shape index (κ2) is 5.35. The Labute approximate surface area is 105 Å². The summed E-state index contributed by atoms with van der Waals surface area (Å²) in [5, 5.41) is 5.98. The van der Waals surface area contributed by atoms with E-state index < -0.39 is 0 Å². The Morgan fingerprint density at radius 2 is 2.00 bits per heavy atom. The van der Waals surface area contributed by atoms with Crippen LogP contribution < -0.4 is 11.3 Å². The Bertz CT molecular complexity index is 461. The lowest BCUT2D eigenvalue weighted by Crippen LogP contribution is -2.29. The number of hydrogen-bond acceptors (Lipinski definition) is 5. The van der Waals surface area contributed by atoms with Crippen molar-refractivity contribution in [2.45, 2.75) is 26.3 Å². The summed E-state index contributed by atoms with van der Waals surface area (Å²) in [6.07, 6.45) is 0.824. The third-order valence-electron chi connectivity index (χ3n) is 2.66. The van der Waals surface area contributed by atoms with Gasteiger partial charge in [0.25, 0.3) is 0 Å². The van der Waals surface area contributed by atoms with E-state index in [1.165, 1.54) is 28.2 Å². The maximum absolute atomic E-state index is 5.57. The van der Waals surface area contributed by atoms with Crippen LogP contribution in [0, 0.1) is 13.8 Å². The SMILES string of the molecule is Cc1cc(C)cc(CC(NN)c2csnn2)c1. The molecule has 0 amide bonds. The van der Waals surface area contributed by atoms with Gasteiger partial charge in [0, 0.05) is 5.38 Å². The molecule has 1 atom stereocenters. The van der Waals surface area contributed by atoms with Crippen LogP contribution in [0.5, 0.6) is 0 Å². The molecule has 0 aliphatic rings. The Hall–Kier alpha value is -1.30. The highest BCUT2D eigenvalue weighted by Gasteiger charge is 2.13. The number of hydrazine groups is 1. The largest absolute Gasteiger partial charge is 0.271 e. The van der Waals surface area contributed by atoms with Crippen LogP contribution in [0.15, 0.2) is 23.6 Å². The third kappa shape index (κ3) is 3.09. The maximum Gasteiger partial charge on any atom is 0.0941 e. The molecule has 2 aromatic rings. The van der Waals surface area contributed by atoms with Crippen molar-refractivity contribution in [3.63, 3.8) is 0 Å². The van der Waals surface area contributed by atoms with Gasteiger partial charge in [0.2, 0.25) is 0 Å². The molecule has 4 nitrogen and oxygen atoms in total. The van der Waals surface area contributed by atoms with Crippen molar-refractivity contribution in [2.75, 3.05) is 0 Å². The molecule has 0 aliphatic heterocycles. The molecule has 0 fully saturated rings. The van der Waals surface area contributed by atoms with Crippen molar-refractivity contribution in [1.82, 2.24) is 15.0 Å². The molecule has 1 aromatic heterocycles. The fraction of sp³-hybridized carbons (Fsp3) is 0.333. The minimum atomic E-state index is 0.0231. The van der Waals surface area contributed by atoms with Crippen LogP contribution in [0.25, 0.3) is 0 Å². The van der Waals surface area contributed by atoms with Gasteiger partial charge in [-0.05, 0) is 37.4 Å². The van der Waals surface area contributed by atoms with Crippen LogP contribution in [0.2, 0.25) is 0 Å². The van der Waals surface area contributed by atoms with Crippen molar-refractivity contribution in [3.8, 4) is 0 Å². The van der Waals surface area contributed by atoms with Gasteiger partial charge < -0.3 is 0 Å². The standard InChI is InChI=1S/C12H16N4S/c1-8-3-9(2)5-10(4-8)6-11(14-13)12-7-17-16-15-12/h3-5,7,11,14H,6,13H2,1-2H3. The molecule has 1 unspecified atom stereocenters. The van der Waals surface area contributed by atoms with Gasteiger partial charge in [-0.25, -0.2) is 0 Å². The van der Waals surface area contributed by atoms with Crippen LogP contribution >= 0.6 is 11.5 Å². The average molecular weight is 248 g/mol. The Kier molecular flexibility index (Phi) is 3.83. The van der Waals surface area contributed by atoms with E-state index in [4.69, 9.17) is 5.84 Å². The van der Waals surface area contributed by atoms with Gasteiger partial charge in [0.15, 0.2) is 0 Å². The second-order valence-electron chi connectivity index (χ2n) is 4.25. The van der Waals surface area contributed by atoms with E-state index in [0.717, 1.165) is 12.1 Å². The monoisotopic (exact) mass is 248 g/mol. The van der Waals surface area contributed by atoms with E-state index in [9.17, 15) is 0 Å². The summed E-state index contributed by atoms with van der Waals surface area (Å²) in [6.45, 7) is 4.21. The number of rotatable bonds is 4. The molecule has 0 saturated heterocycles. The molecule has 0 bridgehead atoms. The first-order valence-electron chi connectivity index (χ1n) is 5.49. The molecule has 2 rings (SSSR count). The predicted molar refractivity (Wildman–Crippen MR) is 69.6 cm³/mol. The zero-order valence-electron chi connectivity index (χ0n) is 9.97. The smallest absolute Gasteiger partial charge is 0.0941 e. The van der Waals surface area contributed by atoms with Crippen molar-refractivity contribution in [3.05, 3.63) is 46.0 Å². The van der Waals surface area contributed by atoms with Gasteiger partial charge in [-0.3, -0.25) is 11.3 Å². The fourth-order valence-corrected chi connectivity index (χ4v) is 2.50. The van der Waals surface area contributed by atoms with E-state index in [-0.39, 0.29) is 6.04 Å². The lowest BCUT2D eigenvalue weighted by molar-refractivity contribution is 0.537. The maximum atomic E-state index is 5.57. The molecule has 17 heavy (non-hydrogen) atoms. The van der Waals surface area contributed by atoms with E-state index >= 15 is 0 Å². The number of hydrogen-bond donors (Lipinski definition) is 2. The number of benzene rings is 1. The molecule has 1 aromatic carbocycles. The highest BCUT2D eigenvalue weighted by atomic mass is 32.1. The van der Waals surface area contributed by atoms with Crippen LogP contribution in [0.3, 0.4) is 0 Å². The van der Waals surface area contributed by atoms with E-state index in [1.807, 2.05) is 5.38 Å². The van der Waals surface area contributed by atoms with Gasteiger partial charge in [-0.2, -0.15) is 0 Å². The van der Waals surface area contributed by atoms with Crippen LogP contribution in [0.4, 0.5) is 0 Å². The molecule has 0 spiro atoms. The van der Waals surface area contributed by atoms with E-state index in [0.29, 0.717) is 0 Å². The van der Waals surface area contributed by atoms with Gasteiger partial charge >= 0.3 is 0 Å². The fourth-order valence-electron chi connectivity index (χ4n) is 2.00. The minimum Gasteiger partial charge on any atom is -0.271 e. The summed E-state index contributed by atoms with van der Waals surface area (Å²) >= 11 is 1.34. The normalized spacial score (nSPS) is 12.6. The highest BCUT2D eigenvalue weighted by Crippen LogP contribution is 2.18. The quantitative estimate of drug-likeness (QED) is 0.641. The predicted octanol–water partition coefficient (Wildman–Crippen LogP) is 1.90. The average Bonchev–Trinajstić information content (AvgIpc) is 2.77. The van der Waals surface area contributed by atoms with Crippen LogP contribution in [-0.4, -0.2) is 9.59 Å². The topological polar surface area (TPSA) is 63.8 Å². The lowest BCUT2D eigenvalue weighted by atomic mass is 10.0. The van der Waals surface area contributed by atoms with Crippen molar-refractivity contribution in [2.24, 2.45) is 5.84 Å². The van der Waals surface area contributed by atoms with Crippen molar-refractivity contribution >= 4 is 11.5 Å². The van der Waals surface area contributed by atoms with E-state index in [1.54, 1.807) is 0 Å². The number of nitrogens with two attached hydrogens (primary N) is 1. The molecular formula is C12H16N4S. The van der Waals surface area contributed by atoms with Crippen LogP contribution in [-0.2, 0) is 6.42 Å². The van der Waals surface area contributed by atoms with Crippen LogP contribution in [0.1, 0.15) is 28.4 Å². The summed E-state index contributed by atoms with van der Waals surface area (Å²) in [6, 6.07) is 6.54. The zero-order chi connectivity index (χ0) is 12.3. The van der Waals surface area contributed by atoms with Gasteiger partial charge in [0.1, 0.15) is 0 Å². The second-order valence-corrected chi connectivity index (χ2v) is 4.86. The first-order valence-corrected chi connectivity index (χ1v) is 6.33. The van der Waals surface area contributed by atoms with Gasteiger partial charge in [-0.1, -0.05) is 33.8 Å². The Morgan fingerprint density at radius 3 is 2.53 bits per heavy atom. The summed E-state index contributed by atoms with van der Waals surface area (Å²) in [4.78, 5) is 0. The third-order valence-corrected chi connectivity index (χ3v) is 3.18.